The number of rotatable bonds is 6. The number of hydrogen-bond acceptors (Lipinski definition) is 3. The van der Waals surface area contributed by atoms with E-state index < -0.39 is 11.8 Å². The second kappa shape index (κ2) is 7.78. The number of hydrogen-bond donors (Lipinski definition) is 1. The van der Waals surface area contributed by atoms with Crippen molar-refractivity contribution in [3.8, 4) is 5.75 Å². The summed E-state index contributed by atoms with van der Waals surface area (Å²) in [5.41, 5.74) is -3.44. The highest BCUT2D eigenvalue weighted by Gasteiger charge is 2.57. The first-order chi connectivity index (χ1) is 12.2. The second-order valence-corrected chi connectivity index (χ2v) is 5.78. The molecule has 0 aliphatic heterocycles. The molecule has 1 N–H and O–H groups in total. The Labute approximate surface area is 150 Å². The number of aliphatic hydroxyl groups is 1. The smallest absolute Gasteiger partial charge is 0.425 e. The van der Waals surface area contributed by atoms with Crippen LogP contribution < -0.4 is 4.74 Å². The quantitative estimate of drug-likeness (QED) is 0.618. The van der Waals surface area contributed by atoms with Crippen LogP contribution in [-0.2, 0) is 5.60 Å². The monoisotopic (exact) mass is 366 g/mol. The average Bonchev–Trinajstić information content (AvgIpc) is 2.64. The Hall–Kier alpha value is -2.54. The molecule has 0 aliphatic carbocycles. The summed E-state index contributed by atoms with van der Waals surface area (Å²) in [6.07, 6.45) is -3.36. The number of ether oxygens (including phenoxy) is 1. The largest absolute Gasteiger partial charge is 0.496 e. The van der Waals surface area contributed by atoms with Gasteiger partial charge in [-0.1, -0.05) is 30.3 Å². The molecule has 26 heavy (non-hydrogen) atoms. The molecule has 0 spiro atoms. The van der Waals surface area contributed by atoms with Crippen molar-refractivity contribution in [2.75, 3.05) is 20.7 Å². The Morgan fingerprint density at radius 1 is 1.15 bits per heavy atom. The van der Waals surface area contributed by atoms with Gasteiger partial charge in [0, 0.05) is 25.2 Å². The van der Waals surface area contributed by atoms with Gasteiger partial charge >= 0.3 is 6.18 Å². The molecule has 0 bridgehead atoms. The molecule has 2 aromatic carbocycles. The van der Waals surface area contributed by atoms with Gasteiger partial charge in [-0.3, -0.25) is 0 Å². The van der Waals surface area contributed by atoms with Crippen LogP contribution >= 0.6 is 0 Å². The first kappa shape index (κ1) is 19.8. The first-order valence-electron chi connectivity index (χ1n) is 8.01. The molecule has 0 amide bonds. The van der Waals surface area contributed by atoms with Crippen molar-refractivity contribution in [2.24, 2.45) is 4.99 Å². The Morgan fingerprint density at radius 2 is 1.81 bits per heavy atom. The van der Waals surface area contributed by atoms with E-state index in [1.165, 1.54) is 49.6 Å². The topological polar surface area (TPSA) is 45.1 Å². The van der Waals surface area contributed by atoms with Crippen LogP contribution in [0.25, 0.3) is 0 Å². The van der Waals surface area contributed by atoms with E-state index in [1.807, 2.05) is 18.9 Å². The van der Waals surface area contributed by atoms with Crippen LogP contribution in [0.3, 0.4) is 0 Å². The lowest BCUT2D eigenvalue weighted by Gasteiger charge is -2.32. The Bertz CT molecular complexity index is 763. The van der Waals surface area contributed by atoms with Gasteiger partial charge < -0.3 is 14.7 Å². The third-order valence-electron chi connectivity index (χ3n) is 4.08. The number of halogens is 3. The highest BCUT2D eigenvalue weighted by molar-refractivity contribution is 5.63. The highest BCUT2D eigenvalue weighted by atomic mass is 19.4. The number of methoxy groups -OCH3 is 1. The molecule has 1 unspecified atom stereocenters. The molecule has 0 saturated carbocycles. The van der Waals surface area contributed by atoms with E-state index in [1.54, 1.807) is 12.4 Å². The van der Waals surface area contributed by atoms with Crippen LogP contribution in [0.15, 0.2) is 53.5 Å². The van der Waals surface area contributed by atoms with Gasteiger partial charge in [-0.15, -0.1) is 0 Å². The summed E-state index contributed by atoms with van der Waals surface area (Å²) in [4.78, 5) is 6.02. The minimum absolute atomic E-state index is 0.0949. The van der Waals surface area contributed by atoms with Gasteiger partial charge in [0.1, 0.15) is 5.75 Å². The van der Waals surface area contributed by atoms with E-state index in [0.29, 0.717) is 5.69 Å². The van der Waals surface area contributed by atoms with Gasteiger partial charge in [0.15, 0.2) is 0 Å². The van der Waals surface area contributed by atoms with Crippen LogP contribution in [0.2, 0.25) is 0 Å². The minimum Gasteiger partial charge on any atom is -0.496 e. The van der Waals surface area contributed by atoms with Crippen molar-refractivity contribution >= 4 is 12.0 Å². The fraction of sp³-hybridized carbons (Fsp3) is 0.316. The maximum atomic E-state index is 13.9. The summed E-state index contributed by atoms with van der Waals surface area (Å²) in [7, 11) is 3.08. The molecule has 0 aliphatic rings. The van der Waals surface area contributed by atoms with Crippen LogP contribution in [-0.4, -0.2) is 43.2 Å². The highest BCUT2D eigenvalue weighted by Crippen LogP contribution is 2.47. The minimum atomic E-state index is -4.94. The summed E-state index contributed by atoms with van der Waals surface area (Å²) in [6, 6.07) is 10.9. The van der Waals surface area contributed by atoms with Gasteiger partial charge in [0.2, 0.25) is 5.60 Å². The lowest BCUT2D eigenvalue weighted by molar-refractivity contribution is -0.248. The Morgan fingerprint density at radius 3 is 2.35 bits per heavy atom. The number of aliphatic imine (C=N–C) groups is 1. The standard InChI is InChI=1S/C19H21F3N2O2/c1-4-24(2)13-23-15-10-11-16(17(12-15)26-3)18(25,19(20,21)22)14-8-6-5-7-9-14/h5-13,25H,4H2,1-3H3. The Balaban J connectivity index is 2.58. The molecule has 0 heterocycles. The third kappa shape index (κ3) is 3.83. The molecule has 0 aromatic heterocycles. The van der Waals surface area contributed by atoms with Crippen molar-refractivity contribution in [3.05, 3.63) is 59.7 Å². The van der Waals surface area contributed by atoms with E-state index in [-0.39, 0.29) is 16.9 Å². The number of alkyl halides is 3. The third-order valence-corrected chi connectivity index (χ3v) is 4.08. The van der Waals surface area contributed by atoms with Crippen molar-refractivity contribution < 1.29 is 23.0 Å². The summed E-state index contributed by atoms with van der Waals surface area (Å²) in [5.74, 6) is -0.0949. The fourth-order valence-electron chi connectivity index (χ4n) is 2.46. The zero-order valence-electron chi connectivity index (χ0n) is 14.8. The molecule has 2 rings (SSSR count). The molecule has 0 radical (unpaired) electrons. The Kier molecular flexibility index (Phi) is 5.92. The lowest BCUT2D eigenvalue weighted by atomic mass is 9.85. The molecule has 7 heteroatoms. The average molecular weight is 366 g/mol. The van der Waals surface area contributed by atoms with Crippen molar-refractivity contribution in [1.82, 2.24) is 4.90 Å². The molecule has 4 nitrogen and oxygen atoms in total. The van der Waals surface area contributed by atoms with Gasteiger partial charge in [0.25, 0.3) is 0 Å². The fourth-order valence-corrected chi connectivity index (χ4v) is 2.46. The van der Waals surface area contributed by atoms with Crippen molar-refractivity contribution in [3.63, 3.8) is 0 Å². The molecular weight excluding hydrogens is 345 g/mol. The number of nitrogens with zero attached hydrogens (tertiary/aromatic N) is 2. The van der Waals surface area contributed by atoms with Gasteiger partial charge in [-0.25, -0.2) is 4.99 Å². The lowest BCUT2D eigenvalue weighted by Crippen LogP contribution is -2.43. The van der Waals surface area contributed by atoms with E-state index >= 15 is 0 Å². The van der Waals surface area contributed by atoms with Crippen LogP contribution in [0.5, 0.6) is 5.75 Å². The molecule has 1 atom stereocenters. The summed E-state index contributed by atoms with van der Waals surface area (Å²) in [5, 5.41) is 10.7. The number of benzene rings is 2. The maximum Gasteiger partial charge on any atom is 0.425 e. The van der Waals surface area contributed by atoms with E-state index in [4.69, 9.17) is 4.74 Å². The van der Waals surface area contributed by atoms with Gasteiger partial charge in [-0.05, 0) is 24.6 Å². The zero-order chi connectivity index (χ0) is 19.4. The van der Waals surface area contributed by atoms with Crippen LogP contribution in [0, 0.1) is 0 Å². The van der Waals surface area contributed by atoms with E-state index in [0.717, 1.165) is 6.54 Å². The maximum absolute atomic E-state index is 13.9. The van der Waals surface area contributed by atoms with Crippen LogP contribution in [0.4, 0.5) is 18.9 Å². The summed E-state index contributed by atoms with van der Waals surface area (Å²) < 4.78 is 46.7. The van der Waals surface area contributed by atoms with E-state index in [2.05, 4.69) is 4.99 Å². The SMILES string of the molecule is CCN(C)C=Nc1ccc(C(O)(c2ccccc2)C(F)(F)F)c(OC)c1. The normalized spacial score (nSPS) is 14.3. The van der Waals surface area contributed by atoms with Crippen LogP contribution in [0.1, 0.15) is 18.1 Å². The molecule has 2 aromatic rings. The predicted octanol–water partition coefficient (Wildman–Crippen LogP) is 4.10. The van der Waals surface area contributed by atoms with Crippen molar-refractivity contribution in [2.45, 2.75) is 18.7 Å². The first-order valence-corrected chi connectivity index (χ1v) is 8.01. The van der Waals surface area contributed by atoms with Gasteiger partial charge in [0.05, 0.1) is 19.1 Å². The molecular formula is C19H21F3N2O2. The molecule has 0 saturated heterocycles. The van der Waals surface area contributed by atoms with Gasteiger partial charge in [-0.2, -0.15) is 13.2 Å². The molecule has 140 valence electrons. The molecule has 0 fully saturated rings. The summed E-state index contributed by atoms with van der Waals surface area (Å²) in [6.45, 7) is 2.68. The van der Waals surface area contributed by atoms with Crippen molar-refractivity contribution in [1.29, 1.82) is 0 Å². The zero-order valence-corrected chi connectivity index (χ0v) is 14.8. The van der Waals surface area contributed by atoms with E-state index in [9.17, 15) is 18.3 Å². The second-order valence-electron chi connectivity index (χ2n) is 5.78. The summed E-state index contributed by atoms with van der Waals surface area (Å²) >= 11 is 0. The predicted molar refractivity (Wildman–Crippen MR) is 94.9 cm³/mol.